The van der Waals surface area contributed by atoms with E-state index in [4.69, 9.17) is 0 Å². The van der Waals surface area contributed by atoms with Gasteiger partial charge in [0.05, 0.1) is 16.6 Å². The molecule has 3 rings (SSSR count). The Morgan fingerprint density at radius 2 is 1.76 bits per heavy atom. The molecular formula is C20H16F3N3O3. The van der Waals surface area contributed by atoms with Gasteiger partial charge in [-0.15, -0.1) is 0 Å². The number of fused-ring (bicyclic) bond motifs is 1. The van der Waals surface area contributed by atoms with E-state index in [0.29, 0.717) is 10.9 Å². The van der Waals surface area contributed by atoms with E-state index in [0.717, 1.165) is 22.8 Å². The fourth-order valence-corrected chi connectivity index (χ4v) is 2.94. The minimum Gasteiger partial charge on any atom is -0.355 e. The number of aromatic nitrogens is 1. The molecule has 0 radical (unpaired) electrons. The van der Waals surface area contributed by atoms with Gasteiger partial charge in [-0.2, -0.15) is 13.2 Å². The third-order valence-electron chi connectivity index (χ3n) is 4.27. The van der Waals surface area contributed by atoms with Crippen molar-refractivity contribution in [1.82, 2.24) is 9.88 Å². The van der Waals surface area contributed by atoms with Crippen LogP contribution in [0.1, 0.15) is 15.9 Å². The summed E-state index contributed by atoms with van der Waals surface area (Å²) in [5.41, 5.74) is -0.987. The molecule has 1 heterocycles. The van der Waals surface area contributed by atoms with Crippen LogP contribution in [0.2, 0.25) is 0 Å². The Bertz CT molecular complexity index is 1150. The number of carbonyl (C=O) groups is 2. The fourth-order valence-electron chi connectivity index (χ4n) is 2.94. The Balaban J connectivity index is 1.93. The molecule has 6 nitrogen and oxygen atoms in total. The van der Waals surface area contributed by atoms with Crippen LogP contribution in [-0.2, 0) is 17.5 Å². The van der Waals surface area contributed by atoms with Gasteiger partial charge in [-0.05, 0) is 24.3 Å². The first kappa shape index (κ1) is 20.1. The van der Waals surface area contributed by atoms with Crippen molar-refractivity contribution >= 4 is 28.4 Å². The molecule has 1 aromatic heterocycles. The molecule has 150 valence electrons. The molecule has 0 saturated heterocycles. The third-order valence-corrected chi connectivity index (χ3v) is 4.27. The van der Waals surface area contributed by atoms with Gasteiger partial charge in [0.1, 0.15) is 6.54 Å². The van der Waals surface area contributed by atoms with Crippen LogP contribution in [0.4, 0.5) is 18.9 Å². The highest BCUT2D eigenvalue weighted by atomic mass is 19.4. The molecule has 3 aromatic rings. The lowest BCUT2D eigenvalue weighted by Gasteiger charge is -2.14. The maximum Gasteiger partial charge on any atom is 0.416 e. The second-order valence-electron chi connectivity index (χ2n) is 6.21. The SMILES string of the molecule is CNC(=O)c1cc(=O)n(CC(=O)Nc2cccc(C(F)(F)F)c2)c2ccccc12. The first-order chi connectivity index (χ1) is 13.7. The number of amides is 2. The highest BCUT2D eigenvalue weighted by Gasteiger charge is 2.30. The summed E-state index contributed by atoms with van der Waals surface area (Å²) in [6.45, 7) is -0.427. The van der Waals surface area contributed by atoms with Crippen molar-refractivity contribution in [1.29, 1.82) is 0 Å². The Labute approximate surface area is 163 Å². The highest BCUT2D eigenvalue weighted by Crippen LogP contribution is 2.30. The topological polar surface area (TPSA) is 80.2 Å². The fraction of sp³-hybridized carbons (Fsp3) is 0.150. The molecule has 0 aliphatic rings. The summed E-state index contributed by atoms with van der Waals surface area (Å²) < 4.78 is 39.6. The standard InChI is InChI=1S/C20H16F3N3O3/c1-24-19(29)15-10-18(28)26(16-8-3-2-7-14(15)16)11-17(27)25-13-6-4-5-12(9-13)20(21,22)23/h2-10H,11H2,1H3,(H,24,29)(H,25,27). The highest BCUT2D eigenvalue weighted by molar-refractivity contribution is 6.06. The number of halogens is 3. The number of pyridine rings is 1. The predicted molar refractivity (Wildman–Crippen MR) is 102 cm³/mol. The van der Waals surface area contributed by atoms with Gasteiger partial charge in [-0.25, -0.2) is 0 Å². The number of nitrogens with zero attached hydrogens (tertiary/aromatic N) is 1. The number of nitrogens with one attached hydrogen (secondary N) is 2. The molecule has 0 bridgehead atoms. The quantitative estimate of drug-likeness (QED) is 0.703. The van der Waals surface area contributed by atoms with E-state index in [1.54, 1.807) is 24.3 Å². The predicted octanol–water partition coefficient (Wildman–Crippen LogP) is 3.02. The van der Waals surface area contributed by atoms with E-state index in [-0.39, 0.29) is 11.3 Å². The van der Waals surface area contributed by atoms with Crippen LogP contribution in [0.5, 0.6) is 0 Å². The van der Waals surface area contributed by atoms with Gasteiger partial charge in [0.15, 0.2) is 0 Å². The van der Waals surface area contributed by atoms with Crippen LogP contribution in [0, 0.1) is 0 Å². The maximum atomic E-state index is 12.8. The smallest absolute Gasteiger partial charge is 0.355 e. The summed E-state index contributed by atoms with van der Waals surface area (Å²) in [6, 6.07) is 11.9. The molecule has 0 atom stereocenters. The van der Waals surface area contributed by atoms with Gasteiger partial charge < -0.3 is 10.6 Å². The number of hydrogen-bond donors (Lipinski definition) is 2. The molecule has 2 aromatic carbocycles. The lowest BCUT2D eigenvalue weighted by Crippen LogP contribution is -2.30. The molecule has 0 spiro atoms. The van der Waals surface area contributed by atoms with E-state index < -0.39 is 35.7 Å². The van der Waals surface area contributed by atoms with Crippen molar-refractivity contribution in [3.8, 4) is 0 Å². The van der Waals surface area contributed by atoms with E-state index in [9.17, 15) is 27.6 Å². The molecule has 0 aliphatic carbocycles. The number of rotatable bonds is 4. The number of carbonyl (C=O) groups excluding carboxylic acids is 2. The molecule has 0 unspecified atom stereocenters. The van der Waals surface area contributed by atoms with Crippen molar-refractivity contribution in [2.24, 2.45) is 0 Å². The van der Waals surface area contributed by atoms with Crippen molar-refractivity contribution in [3.63, 3.8) is 0 Å². The van der Waals surface area contributed by atoms with E-state index in [1.807, 2.05) is 0 Å². The van der Waals surface area contributed by atoms with Crippen LogP contribution < -0.4 is 16.2 Å². The zero-order valence-electron chi connectivity index (χ0n) is 15.2. The molecule has 0 aliphatic heterocycles. The number of alkyl halides is 3. The lowest BCUT2D eigenvalue weighted by atomic mass is 10.1. The normalized spacial score (nSPS) is 11.3. The number of hydrogen-bond acceptors (Lipinski definition) is 3. The maximum absolute atomic E-state index is 12.8. The summed E-state index contributed by atoms with van der Waals surface area (Å²) in [5.74, 6) is -1.12. The molecule has 0 saturated carbocycles. The minimum atomic E-state index is -4.54. The Morgan fingerprint density at radius 3 is 2.45 bits per heavy atom. The van der Waals surface area contributed by atoms with Gasteiger partial charge in [0.25, 0.3) is 11.5 Å². The second-order valence-corrected chi connectivity index (χ2v) is 6.21. The minimum absolute atomic E-state index is 0.0378. The van der Waals surface area contributed by atoms with Crippen molar-refractivity contribution in [3.05, 3.63) is 76.1 Å². The van der Waals surface area contributed by atoms with Crippen LogP contribution in [0.3, 0.4) is 0 Å². The van der Waals surface area contributed by atoms with Gasteiger partial charge in [-0.3, -0.25) is 19.0 Å². The van der Waals surface area contributed by atoms with Crippen molar-refractivity contribution < 1.29 is 22.8 Å². The first-order valence-electron chi connectivity index (χ1n) is 8.52. The number of benzene rings is 2. The van der Waals surface area contributed by atoms with Crippen LogP contribution in [0.25, 0.3) is 10.9 Å². The Morgan fingerprint density at radius 1 is 1.03 bits per heavy atom. The third kappa shape index (κ3) is 4.29. The van der Waals surface area contributed by atoms with E-state index in [2.05, 4.69) is 10.6 Å². The number of anilines is 1. The lowest BCUT2D eigenvalue weighted by molar-refractivity contribution is -0.137. The zero-order chi connectivity index (χ0) is 21.2. The number of para-hydroxylation sites is 1. The van der Waals surface area contributed by atoms with Crippen molar-refractivity contribution in [2.75, 3.05) is 12.4 Å². The molecule has 0 fully saturated rings. The summed E-state index contributed by atoms with van der Waals surface area (Å²) in [5, 5.41) is 5.29. The van der Waals surface area contributed by atoms with Crippen LogP contribution in [-0.4, -0.2) is 23.4 Å². The summed E-state index contributed by atoms with van der Waals surface area (Å²) in [4.78, 5) is 36.9. The summed E-state index contributed by atoms with van der Waals surface area (Å²) in [6.07, 6.45) is -4.54. The average Bonchev–Trinajstić information content (AvgIpc) is 2.69. The molecule has 9 heteroatoms. The van der Waals surface area contributed by atoms with Crippen LogP contribution >= 0.6 is 0 Å². The van der Waals surface area contributed by atoms with Gasteiger partial charge in [-0.1, -0.05) is 24.3 Å². The average molecular weight is 403 g/mol. The van der Waals surface area contributed by atoms with E-state index in [1.165, 1.54) is 19.2 Å². The Kier molecular flexibility index (Phi) is 5.40. The van der Waals surface area contributed by atoms with Gasteiger partial charge >= 0.3 is 6.18 Å². The first-order valence-corrected chi connectivity index (χ1v) is 8.52. The van der Waals surface area contributed by atoms with Crippen LogP contribution in [0.15, 0.2) is 59.4 Å². The zero-order valence-corrected chi connectivity index (χ0v) is 15.2. The monoisotopic (exact) mass is 403 g/mol. The van der Waals surface area contributed by atoms with Gasteiger partial charge in [0, 0.05) is 24.2 Å². The second kappa shape index (κ2) is 7.78. The molecule has 29 heavy (non-hydrogen) atoms. The molecule has 2 amide bonds. The largest absolute Gasteiger partial charge is 0.416 e. The van der Waals surface area contributed by atoms with Gasteiger partial charge in [0.2, 0.25) is 5.91 Å². The molecule has 2 N–H and O–H groups in total. The van der Waals surface area contributed by atoms with Crippen molar-refractivity contribution in [2.45, 2.75) is 12.7 Å². The summed E-state index contributed by atoms with van der Waals surface area (Å²) >= 11 is 0. The Hall–Kier alpha value is -3.62. The van der Waals surface area contributed by atoms with E-state index >= 15 is 0 Å². The summed E-state index contributed by atoms with van der Waals surface area (Å²) in [7, 11) is 1.44. The molecular weight excluding hydrogens is 387 g/mol.